The maximum absolute atomic E-state index is 11.7. The number of thioether (sulfide) groups is 1. The van der Waals surface area contributed by atoms with E-state index in [-0.39, 0.29) is 5.56 Å². The lowest BCUT2D eigenvalue weighted by molar-refractivity contribution is 0.765. The average Bonchev–Trinajstić information content (AvgIpc) is 2.23. The molecule has 0 saturated heterocycles. The summed E-state index contributed by atoms with van der Waals surface area (Å²) in [5.74, 6) is 2.10. The predicted molar refractivity (Wildman–Crippen MR) is 59.4 cm³/mol. The molecule has 2 rings (SSSR count). The molecule has 0 aliphatic carbocycles. The fraction of sp³-hybridized carbons (Fsp3) is 0.500. The second-order valence-electron chi connectivity index (χ2n) is 3.51. The molecule has 0 radical (unpaired) electrons. The highest BCUT2D eigenvalue weighted by Gasteiger charge is 2.14. The van der Waals surface area contributed by atoms with E-state index in [1.165, 1.54) is 11.3 Å². The Morgan fingerprint density at radius 3 is 3.14 bits per heavy atom. The second-order valence-corrected chi connectivity index (χ2v) is 4.62. The van der Waals surface area contributed by atoms with Gasteiger partial charge in [-0.15, -0.1) is 0 Å². The molecule has 0 atom stereocenters. The van der Waals surface area contributed by atoms with Gasteiger partial charge in [0.2, 0.25) is 0 Å². The van der Waals surface area contributed by atoms with E-state index in [0.717, 1.165) is 23.5 Å². The quantitative estimate of drug-likeness (QED) is 0.739. The maximum atomic E-state index is 11.7. The van der Waals surface area contributed by atoms with E-state index in [0.29, 0.717) is 6.54 Å². The Kier molecular flexibility index (Phi) is 2.65. The van der Waals surface area contributed by atoms with Crippen LogP contribution in [-0.4, -0.2) is 10.3 Å². The van der Waals surface area contributed by atoms with Crippen LogP contribution in [0.1, 0.15) is 16.8 Å². The number of rotatable bonds is 1. The molecule has 0 fully saturated rings. The zero-order valence-corrected chi connectivity index (χ0v) is 9.06. The minimum absolute atomic E-state index is 0.0637. The fourth-order valence-corrected chi connectivity index (χ4v) is 2.89. The number of hydrogen-bond donors (Lipinski definition) is 1. The molecule has 1 aliphatic heterocycles. The minimum Gasteiger partial charge on any atom is -0.326 e. The van der Waals surface area contributed by atoms with Crippen LogP contribution in [0.4, 0.5) is 0 Å². The van der Waals surface area contributed by atoms with Crippen molar-refractivity contribution in [2.24, 2.45) is 12.8 Å². The molecule has 1 aromatic rings. The molecule has 0 unspecified atom stereocenters. The van der Waals surface area contributed by atoms with Crippen LogP contribution in [0.3, 0.4) is 0 Å². The average molecular weight is 210 g/mol. The van der Waals surface area contributed by atoms with Crippen molar-refractivity contribution >= 4 is 11.8 Å². The van der Waals surface area contributed by atoms with Gasteiger partial charge in [0, 0.05) is 30.6 Å². The summed E-state index contributed by atoms with van der Waals surface area (Å²) in [4.78, 5) is 11.7. The van der Waals surface area contributed by atoms with Gasteiger partial charge in [0.05, 0.1) is 0 Å². The first-order chi connectivity index (χ1) is 6.74. The van der Waals surface area contributed by atoms with Crippen LogP contribution in [0.15, 0.2) is 10.9 Å². The van der Waals surface area contributed by atoms with Crippen LogP contribution < -0.4 is 11.3 Å². The van der Waals surface area contributed by atoms with Crippen molar-refractivity contribution < 1.29 is 0 Å². The van der Waals surface area contributed by atoms with Gasteiger partial charge in [-0.05, 0) is 23.8 Å². The van der Waals surface area contributed by atoms with Crippen molar-refractivity contribution in [3.05, 3.63) is 33.2 Å². The van der Waals surface area contributed by atoms with Crippen LogP contribution in [0, 0.1) is 0 Å². The molecule has 4 heteroatoms. The maximum Gasteiger partial charge on any atom is 0.255 e. The lowest BCUT2D eigenvalue weighted by Crippen LogP contribution is -2.28. The van der Waals surface area contributed by atoms with Gasteiger partial charge in [0.15, 0.2) is 0 Å². The lowest BCUT2D eigenvalue weighted by atomic mass is 10.1. The molecule has 1 aliphatic rings. The molecule has 14 heavy (non-hydrogen) atoms. The van der Waals surface area contributed by atoms with E-state index >= 15 is 0 Å². The first kappa shape index (κ1) is 9.80. The number of hydrogen-bond acceptors (Lipinski definition) is 3. The molecule has 2 heterocycles. The second kappa shape index (κ2) is 3.79. The highest BCUT2D eigenvalue weighted by atomic mass is 32.2. The first-order valence-electron chi connectivity index (χ1n) is 4.72. The van der Waals surface area contributed by atoms with Gasteiger partial charge in [-0.3, -0.25) is 4.79 Å². The lowest BCUT2D eigenvalue weighted by Gasteiger charge is -2.19. The van der Waals surface area contributed by atoms with Crippen LogP contribution >= 0.6 is 11.8 Å². The fourth-order valence-electron chi connectivity index (χ4n) is 1.81. The van der Waals surface area contributed by atoms with Crippen LogP contribution in [0.2, 0.25) is 0 Å². The number of pyridine rings is 1. The van der Waals surface area contributed by atoms with Crippen LogP contribution in [0.5, 0.6) is 0 Å². The van der Waals surface area contributed by atoms with Crippen molar-refractivity contribution in [3.63, 3.8) is 0 Å². The summed E-state index contributed by atoms with van der Waals surface area (Å²) in [6, 6.07) is 1.98. The van der Waals surface area contributed by atoms with E-state index in [1.54, 1.807) is 4.57 Å². The van der Waals surface area contributed by atoms with Gasteiger partial charge in [-0.25, -0.2) is 0 Å². The zero-order valence-electron chi connectivity index (χ0n) is 8.25. The molecule has 0 saturated carbocycles. The van der Waals surface area contributed by atoms with Crippen molar-refractivity contribution in [2.75, 3.05) is 5.75 Å². The number of nitrogens with two attached hydrogens (primary N) is 1. The monoisotopic (exact) mass is 210 g/mol. The molecule has 0 aromatic carbocycles. The topological polar surface area (TPSA) is 48.0 Å². The van der Waals surface area contributed by atoms with E-state index < -0.39 is 0 Å². The summed E-state index contributed by atoms with van der Waals surface area (Å²) < 4.78 is 1.75. The Morgan fingerprint density at radius 1 is 1.64 bits per heavy atom. The van der Waals surface area contributed by atoms with Gasteiger partial charge < -0.3 is 10.3 Å². The van der Waals surface area contributed by atoms with Gasteiger partial charge in [-0.1, -0.05) is 0 Å². The molecular formula is C10H14N2OS. The molecule has 0 spiro atoms. The Bertz CT molecular complexity index is 411. The third-order valence-electron chi connectivity index (χ3n) is 2.68. The molecular weight excluding hydrogens is 196 g/mol. The van der Waals surface area contributed by atoms with Gasteiger partial charge >= 0.3 is 0 Å². The molecule has 0 bridgehead atoms. The number of aryl methyl sites for hydroxylation is 1. The summed E-state index contributed by atoms with van der Waals surface area (Å²) >= 11 is 1.88. The minimum atomic E-state index is 0.0637. The summed E-state index contributed by atoms with van der Waals surface area (Å²) in [5, 5.41) is 0. The standard InChI is InChI=1S/C10H14N2OS/c1-12-9-6-14-3-2-7(9)4-8(5-11)10(12)13/h4H,2-3,5-6,11H2,1H3. The third kappa shape index (κ3) is 1.48. The molecule has 76 valence electrons. The SMILES string of the molecule is Cn1c2c(cc(CN)c1=O)CCSC2. The third-order valence-corrected chi connectivity index (χ3v) is 3.65. The molecule has 0 amide bonds. The van der Waals surface area contributed by atoms with Gasteiger partial charge in [-0.2, -0.15) is 11.8 Å². The first-order valence-corrected chi connectivity index (χ1v) is 5.88. The van der Waals surface area contributed by atoms with E-state index in [4.69, 9.17) is 5.73 Å². The van der Waals surface area contributed by atoms with E-state index in [1.807, 2.05) is 24.9 Å². The van der Waals surface area contributed by atoms with Crippen molar-refractivity contribution in [3.8, 4) is 0 Å². The largest absolute Gasteiger partial charge is 0.326 e. The van der Waals surface area contributed by atoms with Gasteiger partial charge in [0.1, 0.15) is 0 Å². The number of fused-ring (bicyclic) bond motifs is 1. The van der Waals surface area contributed by atoms with Crippen LogP contribution in [0.25, 0.3) is 0 Å². The molecule has 3 nitrogen and oxygen atoms in total. The Labute approximate surface area is 87.3 Å². The summed E-state index contributed by atoms with van der Waals surface area (Å²) in [7, 11) is 1.84. The summed E-state index contributed by atoms with van der Waals surface area (Å²) in [6.45, 7) is 0.340. The van der Waals surface area contributed by atoms with Crippen molar-refractivity contribution in [1.29, 1.82) is 0 Å². The van der Waals surface area contributed by atoms with Crippen molar-refractivity contribution in [1.82, 2.24) is 4.57 Å². The summed E-state index contributed by atoms with van der Waals surface area (Å²) in [5.41, 5.74) is 8.80. The number of nitrogens with zero attached hydrogens (tertiary/aromatic N) is 1. The van der Waals surface area contributed by atoms with E-state index in [2.05, 4.69) is 0 Å². The van der Waals surface area contributed by atoms with Crippen molar-refractivity contribution in [2.45, 2.75) is 18.7 Å². The Balaban J connectivity index is 2.63. The number of aromatic nitrogens is 1. The smallest absolute Gasteiger partial charge is 0.255 e. The highest BCUT2D eigenvalue weighted by molar-refractivity contribution is 7.98. The highest BCUT2D eigenvalue weighted by Crippen LogP contribution is 2.23. The Hall–Kier alpha value is -0.740. The normalized spacial score (nSPS) is 15.3. The molecule has 1 aromatic heterocycles. The Morgan fingerprint density at radius 2 is 2.43 bits per heavy atom. The molecule has 2 N–H and O–H groups in total. The van der Waals surface area contributed by atoms with Crippen LogP contribution in [-0.2, 0) is 25.8 Å². The van der Waals surface area contributed by atoms with Gasteiger partial charge in [0.25, 0.3) is 5.56 Å². The predicted octanol–water partition coefficient (Wildman–Crippen LogP) is 0.633. The van der Waals surface area contributed by atoms with E-state index in [9.17, 15) is 4.79 Å². The zero-order chi connectivity index (χ0) is 10.1. The summed E-state index contributed by atoms with van der Waals surface area (Å²) in [6.07, 6.45) is 1.06.